The maximum Gasteiger partial charge on any atom is 0.340 e. The zero-order valence-electron chi connectivity index (χ0n) is 35.1. The van der Waals surface area contributed by atoms with Gasteiger partial charge >= 0.3 is 11.6 Å². The molecule has 1 aromatic carbocycles. The van der Waals surface area contributed by atoms with Gasteiger partial charge in [0.05, 0.1) is 151 Å². The molecule has 0 saturated carbocycles. The van der Waals surface area contributed by atoms with Crippen molar-refractivity contribution in [3.8, 4) is 0 Å². The molecule has 59 heavy (non-hydrogen) atoms. The van der Waals surface area contributed by atoms with Gasteiger partial charge in [0.1, 0.15) is 5.58 Å². The van der Waals surface area contributed by atoms with Crippen LogP contribution in [0.1, 0.15) is 36.8 Å². The molecule has 338 valence electrons. The van der Waals surface area contributed by atoms with E-state index in [-0.39, 0.29) is 25.4 Å². The monoisotopic (exact) mass is 844 g/mol. The fourth-order valence-electron chi connectivity index (χ4n) is 5.39. The van der Waals surface area contributed by atoms with Gasteiger partial charge in [0.25, 0.3) is 0 Å². The van der Waals surface area contributed by atoms with Gasteiger partial charge in [-0.3, -0.25) is 9.59 Å². The topological polar surface area (TPSA) is 215 Å². The van der Waals surface area contributed by atoms with Crippen molar-refractivity contribution in [2.24, 2.45) is 0 Å². The van der Waals surface area contributed by atoms with E-state index in [2.05, 4.69) is 0 Å². The number of hydrogen-bond acceptors (Lipinski definition) is 16. The van der Waals surface area contributed by atoms with Crippen LogP contribution in [0.2, 0.25) is 0 Å². The minimum atomic E-state index is -0.849. The number of nitrogens with two attached hydrogens (primary N) is 1. The molecule has 18 heteroatoms. The van der Waals surface area contributed by atoms with Crippen molar-refractivity contribution in [3.63, 3.8) is 0 Å². The quantitative estimate of drug-likeness (QED) is 0.0559. The summed E-state index contributed by atoms with van der Waals surface area (Å²) in [5.74, 6) is -1.09. The summed E-state index contributed by atoms with van der Waals surface area (Å²) in [6.45, 7) is 12.2. The van der Waals surface area contributed by atoms with Crippen LogP contribution in [-0.4, -0.2) is 181 Å². The Hall–Kier alpha value is -3.27. The van der Waals surface area contributed by atoms with Crippen LogP contribution in [0.4, 0.5) is 5.69 Å². The molecule has 0 bridgehead atoms. The number of fused-ring (bicyclic) bond motifs is 1. The number of hydrogen-bond donors (Lipinski definition) is 2. The third-order valence-electron chi connectivity index (χ3n) is 8.60. The SMILES string of the molecule is COCCOCCOCCOCCOCCOCCOCCOCCOCCOCCOCCN(CCCCCC(=O)O)C(=O)Cc1c(C)c2ccc(N)cc2oc1=O. The molecule has 1 aromatic heterocycles. The summed E-state index contributed by atoms with van der Waals surface area (Å²) in [7, 11) is 1.64. The first kappa shape index (κ1) is 51.9. The Labute approximate surface area is 347 Å². The number of amides is 1. The Morgan fingerprint density at radius 3 is 1.46 bits per heavy atom. The van der Waals surface area contributed by atoms with E-state index in [0.717, 1.165) is 5.39 Å². The lowest BCUT2D eigenvalue weighted by Gasteiger charge is -2.23. The maximum atomic E-state index is 13.4. The molecular weight excluding hydrogens is 776 g/mol. The van der Waals surface area contributed by atoms with Gasteiger partial charge in [0.15, 0.2) is 0 Å². The molecule has 0 radical (unpaired) electrons. The summed E-state index contributed by atoms with van der Waals surface area (Å²) in [5.41, 5.74) is 7.08. The summed E-state index contributed by atoms with van der Waals surface area (Å²) < 4.78 is 65.3. The van der Waals surface area contributed by atoms with Gasteiger partial charge in [-0.15, -0.1) is 0 Å². The van der Waals surface area contributed by atoms with Gasteiger partial charge in [-0.25, -0.2) is 4.79 Å². The first-order chi connectivity index (χ1) is 28.8. The highest BCUT2D eigenvalue weighted by atomic mass is 16.6. The average molecular weight is 845 g/mol. The standard InChI is InChI=1S/C41H68N2O16/c1-34-36-8-7-35(42)32-38(36)59-41(47)37(34)33-39(44)43(9-5-3-4-6-40(45)46)10-11-49-14-15-51-18-19-53-22-23-55-26-27-57-30-31-58-29-28-56-25-24-54-21-20-52-17-16-50-13-12-48-2/h7-8,32H,3-6,9-31,33,42H2,1-2H3,(H,45,46). The van der Waals surface area contributed by atoms with Crippen molar-refractivity contribution in [1.82, 2.24) is 4.90 Å². The Bertz CT molecular complexity index is 1430. The Balaban J connectivity index is 1.41. The molecule has 0 saturated heterocycles. The van der Waals surface area contributed by atoms with Crippen molar-refractivity contribution in [3.05, 3.63) is 39.7 Å². The van der Waals surface area contributed by atoms with Crippen molar-refractivity contribution < 1.29 is 71.2 Å². The number of carboxylic acids is 1. The lowest BCUT2D eigenvalue weighted by molar-refractivity contribution is -0.137. The smallest absolute Gasteiger partial charge is 0.340 e. The fraction of sp³-hybridized carbons (Fsp3) is 0.732. The number of anilines is 1. The lowest BCUT2D eigenvalue weighted by Crippen LogP contribution is -2.37. The highest BCUT2D eigenvalue weighted by molar-refractivity contribution is 5.86. The second kappa shape index (κ2) is 35.5. The zero-order valence-corrected chi connectivity index (χ0v) is 35.1. The molecule has 18 nitrogen and oxygen atoms in total. The molecule has 1 amide bonds. The molecule has 0 atom stereocenters. The first-order valence-corrected chi connectivity index (χ1v) is 20.4. The van der Waals surface area contributed by atoms with Gasteiger partial charge in [-0.05, 0) is 37.5 Å². The number of rotatable bonds is 41. The van der Waals surface area contributed by atoms with Gasteiger partial charge < -0.3 is 72.3 Å². The van der Waals surface area contributed by atoms with Crippen LogP contribution in [0.5, 0.6) is 0 Å². The highest BCUT2D eigenvalue weighted by Crippen LogP contribution is 2.22. The number of carbonyl (C=O) groups is 2. The average Bonchev–Trinajstić information content (AvgIpc) is 3.21. The molecule has 0 fully saturated rings. The largest absolute Gasteiger partial charge is 0.481 e. The van der Waals surface area contributed by atoms with Gasteiger partial charge in [-0.2, -0.15) is 0 Å². The van der Waals surface area contributed by atoms with E-state index in [4.69, 9.17) is 67.4 Å². The molecule has 0 aliphatic heterocycles. The van der Waals surface area contributed by atoms with E-state index in [1.165, 1.54) is 0 Å². The minimum absolute atomic E-state index is 0.0770. The van der Waals surface area contributed by atoms with E-state index < -0.39 is 11.6 Å². The van der Waals surface area contributed by atoms with E-state index in [0.29, 0.717) is 187 Å². The summed E-state index contributed by atoms with van der Waals surface area (Å²) in [6.07, 6.45) is 1.76. The zero-order chi connectivity index (χ0) is 42.6. The normalized spacial score (nSPS) is 11.5. The highest BCUT2D eigenvalue weighted by Gasteiger charge is 2.20. The lowest BCUT2D eigenvalue weighted by atomic mass is 10.0. The first-order valence-electron chi connectivity index (χ1n) is 20.4. The van der Waals surface area contributed by atoms with E-state index in [1.807, 2.05) is 0 Å². The fourth-order valence-corrected chi connectivity index (χ4v) is 5.39. The summed E-state index contributed by atoms with van der Waals surface area (Å²) in [6, 6.07) is 5.08. The molecule has 0 aliphatic rings. The second-order valence-corrected chi connectivity index (χ2v) is 13.1. The minimum Gasteiger partial charge on any atom is -0.481 e. The Kier molecular flexibility index (Phi) is 31.2. The van der Waals surface area contributed by atoms with Gasteiger partial charge in [-0.1, -0.05) is 6.42 Å². The van der Waals surface area contributed by atoms with E-state index in [9.17, 15) is 14.4 Å². The number of aliphatic carboxylic acids is 1. The Morgan fingerprint density at radius 1 is 0.610 bits per heavy atom. The maximum absolute atomic E-state index is 13.4. The molecular formula is C41H68N2O16. The number of methoxy groups -OCH3 is 1. The van der Waals surface area contributed by atoms with Gasteiger partial charge in [0, 0.05) is 43.8 Å². The van der Waals surface area contributed by atoms with Crippen molar-refractivity contribution in [2.75, 3.05) is 165 Å². The molecule has 2 rings (SSSR count). The third-order valence-corrected chi connectivity index (χ3v) is 8.60. The molecule has 2 aromatic rings. The second-order valence-electron chi connectivity index (χ2n) is 13.1. The molecule has 0 aliphatic carbocycles. The predicted molar refractivity (Wildman–Crippen MR) is 218 cm³/mol. The summed E-state index contributed by atoms with van der Waals surface area (Å²) >= 11 is 0. The number of carbonyl (C=O) groups excluding carboxylic acids is 1. The number of aryl methyl sites for hydroxylation is 1. The molecule has 1 heterocycles. The molecule has 0 unspecified atom stereocenters. The van der Waals surface area contributed by atoms with E-state index in [1.54, 1.807) is 37.1 Å². The van der Waals surface area contributed by atoms with Crippen LogP contribution >= 0.6 is 0 Å². The van der Waals surface area contributed by atoms with Crippen LogP contribution < -0.4 is 11.4 Å². The van der Waals surface area contributed by atoms with Crippen LogP contribution in [-0.2, 0) is 68.1 Å². The van der Waals surface area contributed by atoms with Gasteiger partial charge in [0.2, 0.25) is 5.91 Å². The predicted octanol–water partition coefficient (Wildman–Crippen LogP) is 2.51. The van der Waals surface area contributed by atoms with Crippen LogP contribution in [0.25, 0.3) is 11.0 Å². The number of benzene rings is 1. The summed E-state index contributed by atoms with van der Waals surface area (Å²) in [5, 5.41) is 9.64. The van der Waals surface area contributed by atoms with Crippen molar-refractivity contribution in [2.45, 2.75) is 39.0 Å². The molecule has 0 spiro atoms. The number of nitrogens with zero attached hydrogens (tertiary/aromatic N) is 1. The summed E-state index contributed by atoms with van der Waals surface area (Å²) in [4.78, 5) is 38.7. The third kappa shape index (κ3) is 26.5. The Morgan fingerprint density at radius 2 is 1.03 bits per heavy atom. The van der Waals surface area contributed by atoms with Crippen LogP contribution in [0, 0.1) is 6.92 Å². The molecule has 3 N–H and O–H groups in total. The van der Waals surface area contributed by atoms with E-state index >= 15 is 0 Å². The number of ether oxygens (including phenoxy) is 11. The van der Waals surface area contributed by atoms with Crippen LogP contribution in [0.3, 0.4) is 0 Å². The number of unbranched alkanes of at least 4 members (excludes halogenated alkanes) is 2. The van der Waals surface area contributed by atoms with Crippen molar-refractivity contribution >= 4 is 28.5 Å². The number of carboxylic acid groups (broad SMARTS) is 1. The van der Waals surface area contributed by atoms with Crippen molar-refractivity contribution in [1.29, 1.82) is 0 Å². The van der Waals surface area contributed by atoms with Crippen LogP contribution in [0.15, 0.2) is 27.4 Å². The number of nitrogen functional groups attached to an aromatic ring is 1.